The fourth-order valence-corrected chi connectivity index (χ4v) is 4.83. The van der Waals surface area contributed by atoms with Gasteiger partial charge in [0, 0.05) is 17.2 Å². The molecule has 2 aliphatic rings. The number of fused-ring (bicyclic) bond motifs is 2. The van der Waals surface area contributed by atoms with Crippen LogP contribution in [0.4, 0.5) is 5.69 Å². The molecule has 166 valence electrons. The third-order valence-corrected chi connectivity index (χ3v) is 6.50. The molecule has 0 fully saturated rings. The Morgan fingerprint density at radius 3 is 2.64 bits per heavy atom. The Hall–Kier alpha value is -3.85. The molecular formula is C24H18N2O6S. The number of imide groups is 1. The van der Waals surface area contributed by atoms with Crippen molar-refractivity contribution in [1.29, 1.82) is 0 Å². The highest BCUT2D eigenvalue weighted by atomic mass is 32.2. The number of furan rings is 1. The number of ether oxygens (including phenoxy) is 1. The van der Waals surface area contributed by atoms with E-state index in [2.05, 4.69) is 0 Å². The number of carbonyl (C=O) groups is 4. The lowest BCUT2D eigenvalue weighted by Crippen LogP contribution is -2.38. The van der Waals surface area contributed by atoms with Gasteiger partial charge in [-0.2, -0.15) is 0 Å². The summed E-state index contributed by atoms with van der Waals surface area (Å²) in [6.07, 6.45) is 1.46. The topological polar surface area (TPSA) is 97.1 Å². The molecule has 2 aliphatic heterocycles. The van der Waals surface area contributed by atoms with Crippen LogP contribution in [0, 0.1) is 0 Å². The lowest BCUT2D eigenvalue weighted by molar-refractivity contribution is -0.121. The highest BCUT2D eigenvalue weighted by molar-refractivity contribution is 7.99. The minimum absolute atomic E-state index is 0.00320. The second-order valence-electron chi connectivity index (χ2n) is 7.47. The summed E-state index contributed by atoms with van der Waals surface area (Å²) in [7, 11) is 0. The van der Waals surface area contributed by atoms with Crippen LogP contribution in [0.15, 0.2) is 70.2 Å². The van der Waals surface area contributed by atoms with Gasteiger partial charge in [-0.1, -0.05) is 12.1 Å². The van der Waals surface area contributed by atoms with Crippen LogP contribution in [0.1, 0.15) is 36.8 Å². The molecule has 2 aromatic carbocycles. The van der Waals surface area contributed by atoms with Gasteiger partial charge in [0.2, 0.25) is 0 Å². The predicted octanol–water partition coefficient (Wildman–Crippen LogP) is 3.37. The quantitative estimate of drug-likeness (QED) is 0.424. The molecule has 9 heteroatoms. The first kappa shape index (κ1) is 21.0. The Balaban J connectivity index is 1.27. The van der Waals surface area contributed by atoms with Crippen LogP contribution in [0.25, 0.3) is 0 Å². The molecule has 0 aliphatic carbocycles. The summed E-state index contributed by atoms with van der Waals surface area (Å²) in [5, 5.41) is 0. The second kappa shape index (κ2) is 8.59. The zero-order valence-corrected chi connectivity index (χ0v) is 18.2. The normalized spacial score (nSPS) is 14.8. The standard InChI is InChI=1S/C24H18N2O6S/c27-21(25-9-11-33-20-6-2-1-5-19(20)25)14-32-24(30)15-7-8-17-18(12-15)23(29)26(22(17)28)13-16-4-3-10-31-16/h1-8,10,12H,9,11,13-14H2. The third kappa shape index (κ3) is 3.91. The lowest BCUT2D eigenvalue weighted by Gasteiger charge is -2.28. The van der Waals surface area contributed by atoms with Crippen LogP contribution < -0.4 is 4.90 Å². The van der Waals surface area contributed by atoms with E-state index >= 15 is 0 Å². The maximum atomic E-state index is 12.7. The van der Waals surface area contributed by atoms with Gasteiger partial charge in [0.1, 0.15) is 5.76 Å². The summed E-state index contributed by atoms with van der Waals surface area (Å²) in [6, 6.07) is 15.1. The van der Waals surface area contributed by atoms with E-state index in [-0.39, 0.29) is 29.1 Å². The van der Waals surface area contributed by atoms with Crippen molar-refractivity contribution in [2.75, 3.05) is 23.8 Å². The van der Waals surface area contributed by atoms with E-state index in [1.54, 1.807) is 28.8 Å². The Morgan fingerprint density at radius 2 is 1.82 bits per heavy atom. The number of para-hydroxylation sites is 1. The third-order valence-electron chi connectivity index (χ3n) is 5.46. The lowest BCUT2D eigenvalue weighted by atomic mass is 10.1. The van der Waals surface area contributed by atoms with Gasteiger partial charge in [-0.25, -0.2) is 4.79 Å². The van der Waals surface area contributed by atoms with Crippen molar-refractivity contribution in [2.45, 2.75) is 11.4 Å². The van der Waals surface area contributed by atoms with Gasteiger partial charge < -0.3 is 14.1 Å². The molecule has 0 saturated heterocycles. The monoisotopic (exact) mass is 462 g/mol. The molecule has 3 amide bonds. The van der Waals surface area contributed by atoms with E-state index in [0.29, 0.717) is 12.3 Å². The Bertz CT molecular complexity index is 1270. The molecular weight excluding hydrogens is 444 g/mol. The SMILES string of the molecule is O=C(OCC(=O)N1CCSc2ccccc21)c1ccc2c(c1)C(=O)N(Cc1ccco1)C2=O. The molecule has 8 nitrogen and oxygen atoms in total. The van der Waals surface area contributed by atoms with Crippen molar-refractivity contribution in [3.05, 3.63) is 83.3 Å². The number of carbonyl (C=O) groups excluding carboxylic acids is 4. The summed E-state index contributed by atoms with van der Waals surface area (Å²) in [4.78, 5) is 54.3. The molecule has 0 atom stereocenters. The number of hydrogen-bond acceptors (Lipinski definition) is 7. The molecule has 0 spiro atoms. The molecule has 0 unspecified atom stereocenters. The fraction of sp³-hybridized carbons (Fsp3) is 0.167. The molecule has 0 radical (unpaired) electrons. The number of amides is 3. The number of thioether (sulfide) groups is 1. The van der Waals surface area contributed by atoms with Crippen LogP contribution in [-0.4, -0.2) is 47.5 Å². The second-order valence-corrected chi connectivity index (χ2v) is 8.61. The average Bonchev–Trinajstić information content (AvgIpc) is 3.44. The fourth-order valence-electron chi connectivity index (χ4n) is 3.84. The summed E-state index contributed by atoms with van der Waals surface area (Å²) in [5.41, 5.74) is 1.22. The minimum atomic E-state index is -0.740. The number of hydrogen-bond donors (Lipinski definition) is 0. The van der Waals surface area contributed by atoms with Crippen LogP contribution in [0.2, 0.25) is 0 Å². The summed E-state index contributed by atoms with van der Waals surface area (Å²) in [6.45, 7) is 0.106. The molecule has 3 heterocycles. The van der Waals surface area contributed by atoms with Crippen LogP contribution in [0.5, 0.6) is 0 Å². The van der Waals surface area contributed by atoms with Gasteiger partial charge in [-0.3, -0.25) is 19.3 Å². The highest BCUT2D eigenvalue weighted by Gasteiger charge is 2.36. The first-order valence-corrected chi connectivity index (χ1v) is 11.2. The van der Waals surface area contributed by atoms with Crippen molar-refractivity contribution < 1.29 is 28.3 Å². The van der Waals surface area contributed by atoms with Crippen molar-refractivity contribution in [2.24, 2.45) is 0 Å². The van der Waals surface area contributed by atoms with E-state index in [0.717, 1.165) is 21.2 Å². The van der Waals surface area contributed by atoms with Crippen molar-refractivity contribution in [3.63, 3.8) is 0 Å². The zero-order valence-electron chi connectivity index (χ0n) is 17.4. The number of anilines is 1. The highest BCUT2D eigenvalue weighted by Crippen LogP contribution is 2.34. The Morgan fingerprint density at radius 1 is 1.00 bits per heavy atom. The summed E-state index contributed by atoms with van der Waals surface area (Å²) >= 11 is 1.67. The number of rotatable bonds is 5. The van der Waals surface area contributed by atoms with E-state index in [1.165, 1.54) is 24.5 Å². The minimum Gasteiger partial charge on any atom is -0.467 e. The van der Waals surface area contributed by atoms with E-state index < -0.39 is 24.4 Å². The van der Waals surface area contributed by atoms with Crippen LogP contribution >= 0.6 is 11.8 Å². The smallest absolute Gasteiger partial charge is 0.338 e. The van der Waals surface area contributed by atoms with Gasteiger partial charge in [-0.15, -0.1) is 11.8 Å². The first-order chi connectivity index (χ1) is 16.0. The maximum Gasteiger partial charge on any atom is 0.338 e. The Labute approximate surface area is 193 Å². The maximum absolute atomic E-state index is 12.7. The van der Waals surface area contributed by atoms with E-state index in [9.17, 15) is 19.2 Å². The molecule has 0 bridgehead atoms. The number of esters is 1. The predicted molar refractivity (Wildman–Crippen MR) is 119 cm³/mol. The van der Waals surface area contributed by atoms with Crippen LogP contribution in [-0.2, 0) is 16.1 Å². The van der Waals surface area contributed by atoms with Gasteiger partial charge in [0.15, 0.2) is 6.61 Å². The van der Waals surface area contributed by atoms with Gasteiger partial charge in [-0.05, 0) is 42.5 Å². The molecule has 5 rings (SSSR count). The van der Waals surface area contributed by atoms with E-state index in [1.807, 2.05) is 24.3 Å². The van der Waals surface area contributed by atoms with Crippen molar-refractivity contribution >= 4 is 41.1 Å². The molecule has 3 aromatic rings. The largest absolute Gasteiger partial charge is 0.467 e. The van der Waals surface area contributed by atoms with E-state index in [4.69, 9.17) is 9.15 Å². The number of nitrogens with zero attached hydrogens (tertiary/aromatic N) is 2. The summed E-state index contributed by atoms with van der Waals surface area (Å²) in [5.74, 6) is -0.807. The number of benzene rings is 2. The van der Waals surface area contributed by atoms with Gasteiger partial charge in [0.25, 0.3) is 17.7 Å². The van der Waals surface area contributed by atoms with Crippen LogP contribution in [0.3, 0.4) is 0 Å². The molecule has 33 heavy (non-hydrogen) atoms. The zero-order chi connectivity index (χ0) is 22.9. The average molecular weight is 462 g/mol. The first-order valence-electron chi connectivity index (χ1n) is 10.2. The molecule has 0 N–H and O–H groups in total. The molecule has 1 aromatic heterocycles. The van der Waals surface area contributed by atoms with Crippen molar-refractivity contribution in [3.8, 4) is 0 Å². The van der Waals surface area contributed by atoms with Gasteiger partial charge in [0.05, 0.1) is 35.2 Å². The summed E-state index contributed by atoms with van der Waals surface area (Å²) < 4.78 is 10.5. The van der Waals surface area contributed by atoms with Gasteiger partial charge >= 0.3 is 5.97 Å². The Kier molecular flexibility index (Phi) is 5.47. The van der Waals surface area contributed by atoms with Crippen molar-refractivity contribution in [1.82, 2.24) is 4.90 Å². The molecule has 0 saturated carbocycles.